The van der Waals surface area contributed by atoms with E-state index < -0.39 is 0 Å². The highest BCUT2D eigenvalue weighted by molar-refractivity contribution is 6.07. The van der Waals surface area contributed by atoms with E-state index in [1.165, 1.54) is 21.3 Å². The van der Waals surface area contributed by atoms with E-state index in [0.717, 1.165) is 0 Å². The first-order valence-electron chi connectivity index (χ1n) is 6.88. The molecule has 0 saturated carbocycles. The van der Waals surface area contributed by atoms with Gasteiger partial charge in [-0.2, -0.15) is 0 Å². The molecule has 2 rings (SSSR count). The van der Waals surface area contributed by atoms with Crippen molar-refractivity contribution in [3.8, 4) is 17.2 Å². The van der Waals surface area contributed by atoms with Crippen molar-refractivity contribution >= 4 is 17.4 Å². The van der Waals surface area contributed by atoms with Crippen molar-refractivity contribution in [1.82, 2.24) is 4.98 Å². The van der Waals surface area contributed by atoms with E-state index in [1.807, 2.05) is 0 Å². The lowest BCUT2D eigenvalue weighted by Crippen LogP contribution is -2.14. The van der Waals surface area contributed by atoms with Crippen LogP contribution < -0.4 is 24.8 Å². The minimum atomic E-state index is -0.332. The minimum Gasteiger partial charge on any atom is -0.493 e. The molecule has 0 bridgehead atoms. The predicted octanol–water partition coefficient (Wildman–Crippen LogP) is 2.40. The Labute approximate surface area is 134 Å². The highest BCUT2D eigenvalue weighted by Crippen LogP contribution is 2.39. The molecule has 0 unspecified atom stereocenters. The normalized spacial score (nSPS) is 9.91. The highest BCUT2D eigenvalue weighted by Gasteiger charge is 2.20. The molecular weight excluding hydrogens is 298 g/mol. The Hall–Kier alpha value is -2.96. The van der Waals surface area contributed by atoms with E-state index in [4.69, 9.17) is 14.2 Å². The van der Waals surface area contributed by atoms with E-state index in [-0.39, 0.29) is 5.91 Å². The van der Waals surface area contributed by atoms with Crippen LogP contribution in [0.4, 0.5) is 11.5 Å². The van der Waals surface area contributed by atoms with Crippen LogP contribution in [-0.4, -0.2) is 39.3 Å². The maximum absolute atomic E-state index is 12.5. The van der Waals surface area contributed by atoms with Gasteiger partial charge >= 0.3 is 0 Å². The van der Waals surface area contributed by atoms with Crippen LogP contribution in [0.25, 0.3) is 0 Å². The lowest BCUT2D eigenvalue weighted by molar-refractivity contribution is 0.102. The maximum Gasteiger partial charge on any atom is 0.259 e. The molecule has 1 amide bonds. The fourth-order valence-electron chi connectivity index (χ4n) is 2.09. The quantitative estimate of drug-likeness (QED) is 0.851. The van der Waals surface area contributed by atoms with Gasteiger partial charge < -0.3 is 24.8 Å². The van der Waals surface area contributed by atoms with Crippen molar-refractivity contribution in [2.24, 2.45) is 0 Å². The third-order valence-corrected chi connectivity index (χ3v) is 3.23. The van der Waals surface area contributed by atoms with Crippen LogP contribution in [0.2, 0.25) is 0 Å². The molecule has 7 heteroatoms. The number of benzene rings is 1. The van der Waals surface area contributed by atoms with Gasteiger partial charge in [-0.15, -0.1) is 0 Å². The number of nitrogens with zero attached hydrogens (tertiary/aromatic N) is 1. The van der Waals surface area contributed by atoms with Crippen molar-refractivity contribution in [3.05, 3.63) is 36.0 Å². The number of aromatic nitrogens is 1. The minimum absolute atomic E-state index is 0.309. The molecular formula is C16H19N3O4. The molecule has 1 aromatic carbocycles. The van der Waals surface area contributed by atoms with Crippen LogP contribution in [-0.2, 0) is 0 Å². The Morgan fingerprint density at radius 1 is 1.00 bits per heavy atom. The summed E-state index contributed by atoms with van der Waals surface area (Å²) in [7, 11) is 6.25. The average molecular weight is 317 g/mol. The van der Waals surface area contributed by atoms with E-state index >= 15 is 0 Å². The Balaban J connectivity index is 2.31. The Bertz CT molecular complexity index is 686. The molecule has 0 atom stereocenters. The van der Waals surface area contributed by atoms with Gasteiger partial charge in [-0.3, -0.25) is 4.79 Å². The summed E-state index contributed by atoms with van der Waals surface area (Å²) in [6, 6.07) is 6.79. The number of amides is 1. The predicted molar refractivity (Wildman–Crippen MR) is 87.8 cm³/mol. The summed E-state index contributed by atoms with van der Waals surface area (Å²) in [5.74, 6) is 1.55. The van der Waals surface area contributed by atoms with Crippen molar-refractivity contribution in [2.75, 3.05) is 39.0 Å². The first kappa shape index (κ1) is 16.4. The largest absolute Gasteiger partial charge is 0.493 e. The average Bonchev–Trinajstić information content (AvgIpc) is 2.60. The third kappa shape index (κ3) is 3.45. The maximum atomic E-state index is 12.5. The molecule has 2 aromatic rings. The second-order valence-electron chi connectivity index (χ2n) is 4.52. The molecule has 23 heavy (non-hydrogen) atoms. The summed E-state index contributed by atoms with van der Waals surface area (Å²) in [4.78, 5) is 16.6. The van der Waals surface area contributed by atoms with Crippen LogP contribution in [0.5, 0.6) is 17.2 Å². The summed E-state index contributed by atoms with van der Waals surface area (Å²) in [6.07, 6.45) is 1.57. The van der Waals surface area contributed by atoms with Crippen molar-refractivity contribution in [3.63, 3.8) is 0 Å². The number of hydrogen-bond acceptors (Lipinski definition) is 6. The van der Waals surface area contributed by atoms with Gasteiger partial charge in [0.15, 0.2) is 11.5 Å². The number of carbonyl (C=O) groups excluding carboxylic acids is 1. The lowest BCUT2D eigenvalue weighted by atomic mass is 10.1. The van der Waals surface area contributed by atoms with Gasteiger partial charge in [0.1, 0.15) is 5.82 Å². The molecule has 0 radical (unpaired) electrons. The van der Waals surface area contributed by atoms with Crippen LogP contribution in [0.1, 0.15) is 10.4 Å². The Morgan fingerprint density at radius 2 is 1.74 bits per heavy atom. The summed E-state index contributed by atoms with van der Waals surface area (Å²) in [5.41, 5.74) is 0.911. The smallest absolute Gasteiger partial charge is 0.259 e. The number of ether oxygens (including phenoxy) is 3. The van der Waals surface area contributed by atoms with Crippen LogP contribution in [0, 0.1) is 0 Å². The first-order chi connectivity index (χ1) is 11.1. The van der Waals surface area contributed by atoms with Gasteiger partial charge in [0.05, 0.1) is 38.8 Å². The number of methoxy groups -OCH3 is 3. The first-order valence-corrected chi connectivity index (χ1v) is 6.88. The van der Waals surface area contributed by atoms with E-state index in [1.54, 1.807) is 37.5 Å². The molecule has 0 fully saturated rings. The SMILES string of the molecule is CNc1ccc(NC(=O)c2ccc(OC)c(OC)c2OC)cn1. The van der Waals surface area contributed by atoms with Gasteiger partial charge in [-0.25, -0.2) is 4.98 Å². The molecule has 0 aliphatic heterocycles. The summed E-state index contributed by atoms with van der Waals surface area (Å²) < 4.78 is 15.8. The summed E-state index contributed by atoms with van der Waals surface area (Å²) in [5, 5.41) is 5.68. The van der Waals surface area contributed by atoms with Gasteiger partial charge in [0, 0.05) is 7.05 Å². The van der Waals surface area contributed by atoms with Crippen LogP contribution in [0.3, 0.4) is 0 Å². The molecule has 0 saturated heterocycles. The number of anilines is 2. The van der Waals surface area contributed by atoms with Gasteiger partial charge in [-0.05, 0) is 24.3 Å². The Morgan fingerprint density at radius 3 is 2.26 bits per heavy atom. The van der Waals surface area contributed by atoms with Crippen molar-refractivity contribution in [2.45, 2.75) is 0 Å². The molecule has 7 nitrogen and oxygen atoms in total. The number of hydrogen-bond donors (Lipinski definition) is 2. The second-order valence-corrected chi connectivity index (χ2v) is 4.52. The zero-order valence-corrected chi connectivity index (χ0v) is 13.5. The number of nitrogens with one attached hydrogen (secondary N) is 2. The number of pyridine rings is 1. The molecule has 1 aromatic heterocycles. The van der Waals surface area contributed by atoms with E-state index in [9.17, 15) is 4.79 Å². The lowest BCUT2D eigenvalue weighted by Gasteiger charge is -2.15. The fourth-order valence-corrected chi connectivity index (χ4v) is 2.09. The summed E-state index contributed by atoms with van der Waals surface area (Å²) in [6.45, 7) is 0. The second kappa shape index (κ2) is 7.35. The molecule has 0 spiro atoms. The monoisotopic (exact) mass is 317 g/mol. The van der Waals surface area contributed by atoms with Crippen LogP contribution >= 0.6 is 0 Å². The zero-order chi connectivity index (χ0) is 16.8. The molecule has 1 heterocycles. The van der Waals surface area contributed by atoms with Crippen LogP contribution in [0.15, 0.2) is 30.5 Å². The fraction of sp³-hybridized carbons (Fsp3) is 0.250. The summed E-state index contributed by atoms with van der Waals surface area (Å²) >= 11 is 0. The number of carbonyl (C=O) groups is 1. The van der Waals surface area contributed by atoms with E-state index in [0.29, 0.717) is 34.3 Å². The van der Waals surface area contributed by atoms with Gasteiger partial charge in [-0.1, -0.05) is 0 Å². The van der Waals surface area contributed by atoms with Gasteiger partial charge in [0.2, 0.25) is 5.75 Å². The standard InChI is InChI=1S/C16H19N3O4/c1-17-13-8-5-10(9-18-13)19-16(20)11-6-7-12(21-2)15(23-4)14(11)22-3/h5-9H,1-4H3,(H,17,18)(H,19,20). The molecule has 122 valence electrons. The van der Waals surface area contributed by atoms with Crippen molar-refractivity contribution in [1.29, 1.82) is 0 Å². The van der Waals surface area contributed by atoms with Crippen molar-refractivity contribution < 1.29 is 19.0 Å². The Kier molecular flexibility index (Phi) is 5.24. The number of rotatable bonds is 6. The van der Waals surface area contributed by atoms with E-state index in [2.05, 4.69) is 15.6 Å². The zero-order valence-electron chi connectivity index (χ0n) is 13.5. The topological polar surface area (TPSA) is 81.7 Å². The third-order valence-electron chi connectivity index (χ3n) is 3.23. The molecule has 2 N–H and O–H groups in total. The molecule has 0 aliphatic rings. The van der Waals surface area contributed by atoms with Gasteiger partial charge in [0.25, 0.3) is 5.91 Å². The highest BCUT2D eigenvalue weighted by atomic mass is 16.5. The molecule has 0 aliphatic carbocycles.